The summed E-state index contributed by atoms with van der Waals surface area (Å²) in [6, 6.07) is 0. The third-order valence-corrected chi connectivity index (χ3v) is 1.19. The van der Waals surface area contributed by atoms with Gasteiger partial charge in [-0.2, -0.15) is 0 Å². The average Bonchev–Trinajstić information content (AvgIpc) is 1.87. The molecule has 0 radical (unpaired) electrons. The predicted molar refractivity (Wildman–Crippen MR) is 35.6 cm³/mol. The molecule has 5 nitrogen and oxygen atoms in total. The second-order valence-electron chi connectivity index (χ2n) is 2.10. The average molecular weight is 185 g/mol. The number of aliphatic hydroxyl groups excluding tert-OH is 2. The number of hydrogen-bond donors (Lipinski definition) is 2. The van der Waals surface area contributed by atoms with Crippen LogP contribution in [0.4, 0.5) is 0 Å². The third-order valence-electron chi connectivity index (χ3n) is 1.19. The first-order valence-electron chi connectivity index (χ1n) is 3.34. The molecular weight excluding hydrogens is 173 g/mol. The Bertz CT molecular complexity index is 116. The summed E-state index contributed by atoms with van der Waals surface area (Å²) in [5.74, 6) is -1.20. The SMILES string of the molecule is O=C([O-])CN(CCO)CCO.[Na+]. The molecule has 0 rings (SSSR count). The van der Waals surface area contributed by atoms with Crippen molar-refractivity contribution in [1.82, 2.24) is 4.90 Å². The van der Waals surface area contributed by atoms with E-state index >= 15 is 0 Å². The molecule has 0 saturated carbocycles. The topological polar surface area (TPSA) is 83.8 Å². The number of carboxylic acid groups (broad SMARTS) is 1. The number of carbonyl (C=O) groups is 1. The van der Waals surface area contributed by atoms with E-state index in [0.717, 1.165) is 0 Å². The van der Waals surface area contributed by atoms with E-state index in [4.69, 9.17) is 10.2 Å². The second kappa shape index (κ2) is 9.44. The van der Waals surface area contributed by atoms with Crippen LogP contribution in [-0.2, 0) is 4.79 Å². The molecule has 0 aromatic carbocycles. The minimum Gasteiger partial charge on any atom is -0.549 e. The van der Waals surface area contributed by atoms with Gasteiger partial charge in [-0.3, -0.25) is 4.90 Å². The first-order valence-corrected chi connectivity index (χ1v) is 3.34. The number of carbonyl (C=O) groups excluding carboxylic acids is 1. The molecule has 0 spiro atoms. The van der Waals surface area contributed by atoms with Gasteiger partial charge in [0.15, 0.2) is 0 Å². The van der Waals surface area contributed by atoms with E-state index in [1.54, 1.807) is 0 Å². The number of aliphatic hydroxyl groups is 2. The Morgan fingerprint density at radius 1 is 1.25 bits per heavy atom. The van der Waals surface area contributed by atoms with Gasteiger partial charge in [-0.05, 0) is 0 Å². The van der Waals surface area contributed by atoms with Crippen molar-refractivity contribution in [1.29, 1.82) is 0 Å². The molecular formula is C6H12NNaO4. The summed E-state index contributed by atoms with van der Waals surface area (Å²) in [6.45, 7) is 0.00472. The first-order chi connectivity index (χ1) is 5.20. The van der Waals surface area contributed by atoms with E-state index in [-0.39, 0.29) is 62.4 Å². The van der Waals surface area contributed by atoms with Crippen LogP contribution in [0.5, 0.6) is 0 Å². The van der Waals surface area contributed by atoms with Gasteiger partial charge in [-0.15, -0.1) is 0 Å². The molecule has 0 aliphatic carbocycles. The van der Waals surface area contributed by atoms with Crippen LogP contribution in [0.25, 0.3) is 0 Å². The summed E-state index contributed by atoms with van der Waals surface area (Å²) in [6.07, 6.45) is 0. The van der Waals surface area contributed by atoms with E-state index < -0.39 is 5.97 Å². The maximum atomic E-state index is 10.0. The number of aliphatic carboxylic acids is 1. The normalized spacial score (nSPS) is 9.58. The van der Waals surface area contributed by atoms with Gasteiger partial charge >= 0.3 is 29.6 Å². The molecule has 0 aromatic rings. The van der Waals surface area contributed by atoms with E-state index in [1.807, 2.05) is 0 Å². The molecule has 0 bridgehead atoms. The van der Waals surface area contributed by atoms with Gasteiger partial charge in [-0.25, -0.2) is 0 Å². The Hall–Kier alpha value is 0.350. The minimum atomic E-state index is -1.20. The molecule has 66 valence electrons. The van der Waals surface area contributed by atoms with Crippen LogP contribution in [0.2, 0.25) is 0 Å². The van der Waals surface area contributed by atoms with E-state index in [2.05, 4.69) is 0 Å². The minimum absolute atomic E-state index is 0. The fraction of sp³-hybridized carbons (Fsp3) is 0.833. The number of hydrogen-bond acceptors (Lipinski definition) is 5. The molecule has 0 saturated heterocycles. The molecule has 0 heterocycles. The van der Waals surface area contributed by atoms with Crippen molar-refractivity contribution in [3.8, 4) is 0 Å². The van der Waals surface area contributed by atoms with Gasteiger partial charge in [0.05, 0.1) is 19.2 Å². The van der Waals surface area contributed by atoms with Gasteiger partial charge in [-0.1, -0.05) is 0 Å². The molecule has 0 aliphatic rings. The quantitative estimate of drug-likeness (QED) is 0.402. The molecule has 0 unspecified atom stereocenters. The summed E-state index contributed by atoms with van der Waals surface area (Å²) in [5.41, 5.74) is 0. The summed E-state index contributed by atoms with van der Waals surface area (Å²) in [7, 11) is 0. The maximum Gasteiger partial charge on any atom is 1.00 e. The maximum absolute atomic E-state index is 10.0. The molecule has 12 heavy (non-hydrogen) atoms. The fourth-order valence-corrected chi connectivity index (χ4v) is 0.735. The summed E-state index contributed by atoms with van der Waals surface area (Å²) in [5, 5.41) is 26.9. The molecule has 0 amide bonds. The smallest absolute Gasteiger partial charge is 0.549 e. The van der Waals surface area contributed by atoms with Gasteiger partial charge in [0.2, 0.25) is 0 Å². The first kappa shape index (κ1) is 14.9. The summed E-state index contributed by atoms with van der Waals surface area (Å²) < 4.78 is 0. The van der Waals surface area contributed by atoms with E-state index in [0.29, 0.717) is 0 Å². The number of nitrogens with zero attached hydrogens (tertiary/aromatic N) is 1. The number of rotatable bonds is 6. The zero-order chi connectivity index (χ0) is 8.69. The Morgan fingerprint density at radius 3 is 1.92 bits per heavy atom. The molecule has 2 N–H and O–H groups in total. The van der Waals surface area contributed by atoms with Gasteiger partial charge < -0.3 is 20.1 Å². The zero-order valence-corrected chi connectivity index (χ0v) is 9.19. The fourth-order valence-electron chi connectivity index (χ4n) is 0.735. The molecule has 0 fully saturated rings. The predicted octanol–water partition coefficient (Wildman–Crippen LogP) is -5.97. The van der Waals surface area contributed by atoms with Gasteiger partial charge in [0, 0.05) is 19.6 Å². The van der Waals surface area contributed by atoms with Crippen LogP contribution in [0.1, 0.15) is 0 Å². The summed E-state index contributed by atoms with van der Waals surface area (Å²) >= 11 is 0. The van der Waals surface area contributed by atoms with Gasteiger partial charge in [0.1, 0.15) is 0 Å². The van der Waals surface area contributed by atoms with Crippen LogP contribution in [0.15, 0.2) is 0 Å². The Morgan fingerprint density at radius 2 is 1.67 bits per heavy atom. The van der Waals surface area contributed by atoms with Crippen molar-refractivity contribution in [2.45, 2.75) is 0 Å². The van der Waals surface area contributed by atoms with Crippen LogP contribution in [0, 0.1) is 0 Å². The van der Waals surface area contributed by atoms with Crippen LogP contribution in [-0.4, -0.2) is 53.9 Å². The standard InChI is InChI=1S/C6H13NO4.Na/c8-3-1-7(2-4-9)5-6(10)11;/h8-9H,1-5H2,(H,10,11);/q;+1/p-1. The molecule has 6 heteroatoms. The van der Waals surface area contributed by atoms with Crippen LogP contribution in [0.3, 0.4) is 0 Å². The third kappa shape index (κ3) is 8.45. The van der Waals surface area contributed by atoms with Crippen molar-refractivity contribution in [3.63, 3.8) is 0 Å². The van der Waals surface area contributed by atoms with E-state index in [9.17, 15) is 9.90 Å². The second-order valence-corrected chi connectivity index (χ2v) is 2.10. The number of carboxylic acids is 1. The molecule has 0 aliphatic heterocycles. The van der Waals surface area contributed by atoms with Crippen molar-refractivity contribution in [2.24, 2.45) is 0 Å². The summed E-state index contributed by atoms with van der Waals surface area (Å²) in [4.78, 5) is 11.4. The monoisotopic (exact) mass is 185 g/mol. The largest absolute Gasteiger partial charge is 1.00 e. The van der Waals surface area contributed by atoms with Crippen LogP contribution >= 0.6 is 0 Å². The Balaban J connectivity index is 0. The molecule has 0 aromatic heterocycles. The zero-order valence-electron chi connectivity index (χ0n) is 7.19. The Kier molecular flexibility index (Phi) is 11.7. The van der Waals surface area contributed by atoms with Crippen LogP contribution < -0.4 is 34.7 Å². The van der Waals surface area contributed by atoms with Crippen molar-refractivity contribution in [3.05, 3.63) is 0 Å². The van der Waals surface area contributed by atoms with Gasteiger partial charge in [0.25, 0.3) is 0 Å². The molecule has 0 atom stereocenters. The van der Waals surface area contributed by atoms with Crippen molar-refractivity contribution in [2.75, 3.05) is 32.8 Å². The van der Waals surface area contributed by atoms with E-state index in [1.165, 1.54) is 4.90 Å². The Labute approximate surface area is 93.3 Å². The van der Waals surface area contributed by atoms with Crippen molar-refractivity contribution < 1.29 is 49.7 Å². The van der Waals surface area contributed by atoms with Crippen molar-refractivity contribution >= 4 is 5.97 Å².